The summed E-state index contributed by atoms with van der Waals surface area (Å²) in [6.07, 6.45) is 1.04. The van der Waals surface area contributed by atoms with Crippen LogP contribution < -0.4 is 15.9 Å². The molecule has 0 radical (unpaired) electrons. The molecule has 4 aromatic carbocycles. The fourth-order valence-corrected chi connectivity index (χ4v) is 8.89. The molecule has 3 heteroatoms. The molecule has 0 aliphatic carbocycles. The second-order valence-electron chi connectivity index (χ2n) is 6.81. The number of rotatable bonds is 5. The fraction of sp³-hybridized carbons (Fsp3) is 0.0400. The third kappa shape index (κ3) is 4.30. The van der Waals surface area contributed by atoms with Gasteiger partial charge < -0.3 is 0 Å². The Morgan fingerprint density at radius 3 is 1.21 bits per heavy atom. The van der Waals surface area contributed by atoms with Gasteiger partial charge in [-0.25, -0.2) is 0 Å². The second-order valence-corrected chi connectivity index (χ2v) is 11.6. The summed E-state index contributed by atoms with van der Waals surface area (Å²) in [5, 5.41) is 4.35. The fourth-order valence-electron chi connectivity index (χ4n) is 3.88. The first kappa shape index (κ1) is 21.0. The van der Waals surface area contributed by atoms with Crippen LogP contribution in [0.1, 0.15) is 5.56 Å². The van der Waals surface area contributed by atoms with Crippen molar-refractivity contribution in [1.29, 1.82) is 0 Å². The van der Waals surface area contributed by atoms with Crippen LogP contribution in [0.15, 0.2) is 120 Å². The van der Waals surface area contributed by atoms with Crippen LogP contribution in [0.2, 0.25) is 0 Å². The predicted molar refractivity (Wildman–Crippen MR) is 135 cm³/mol. The van der Waals surface area contributed by atoms with Gasteiger partial charge in [0.15, 0.2) is 0 Å². The zero-order valence-electron chi connectivity index (χ0n) is 15.5. The van der Waals surface area contributed by atoms with Gasteiger partial charge in [0.2, 0.25) is 0 Å². The molecule has 0 heterocycles. The topological polar surface area (TPSA) is 0 Å². The van der Waals surface area contributed by atoms with Crippen molar-refractivity contribution < 1.29 is 0 Å². The maximum absolute atomic E-state index is 3.57. The first-order chi connectivity index (χ1) is 13.3. The van der Waals surface area contributed by atoms with Gasteiger partial charge in [0.1, 0.15) is 0 Å². The molecular formula is C25H23Br2P. The van der Waals surface area contributed by atoms with Crippen molar-refractivity contribution in [2.24, 2.45) is 0 Å². The van der Waals surface area contributed by atoms with Gasteiger partial charge in [-0.2, -0.15) is 0 Å². The first-order valence-corrected chi connectivity index (χ1v) is 12.2. The van der Waals surface area contributed by atoms with Gasteiger partial charge in [0, 0.05) is 0 Å². The molecule has 0 spiro atoms. The standard InChI is InChI=1S/C25H22BrP.BrH/c26-22-18-16-21(17-19-22)20-27(23-10-4-1-5-11-23,24-12-6-2-7-13-24)25-14-8-3-9-15-25;/h1-19,27H,20H2;1H. The van der Waals surface area contributed by atoms with Crippen LogP contribution in [0.25, 0.3) is 0 Å². The molecule has 0 fully saturated rings. The number of hydrogen-bond donors (Lipinski definition) is 0. The van der Waals surface area contributed by atoms with Crippen molar-refractivity contribution in [2.45, 2.75) is 6.16 Å². The van der Waals surface area contributed by atoms with E-state index in [9.17, 15) is 0 Å². The van der Waals surface area contributed by atoms with E-state index in [2.05, 4.69) is 131 Å². The molecule has 0 atom stereocenters. The minimum absolute atomic E-state index is 0. The van der Waals surface area contributed by atoms with Gasteiger partial charge in [-0.15, -0.1) is 17.0 Å². The molecule has 0 bridgehead atoms. The van der Waals surface area contributed by atoms with Gasteiger partial charge in [0.25, 0.3) is 0 Å². The molecule has 0 saturated carbocycles. The molecule has 0 nitrogen and oxygen atoms in total. The van der Waals surface area contributed by atoms with E-state index in [-0.39, 0.29) is 17.0 Å². The van der Waals surface area contributed by atoms with Crippen LogP contribution in [0.4, 0.5) is 0 Å². The molecule has 4 aromatic rings. The normalized spacial score (nSPS) is 11.5. The van der Waals surface area contributed by atoms with Crippen LogP contribution in [0, 0.1) is 0 Å². The third-order valence-corrected chi connectivity index (χ3v) is 10.6. The van der Waals surface area contributed by atoms with E-state index >= 15 is 0 Å². The molecule has 0 saturated heterocycles. The molecule has 0 N–H and O–H groups in total. The maximum atomic E-state index is 3.57. The van der Waals surface area contributed by atoms with Crippen molar-refractivity contribution in [3.63, 3.8) is 0 Å². The Kier molecular flexibility index (Phi) is 7.24. The molecule has 0 aromatic heterocycles. The van der Waals surface area contributed by atoms with Crippen LogP contribution in [-0.2, 0) is 6.16 Å². The zero-order chi connectivity index (χ0) is 18.5. The summed E-state index contributed by atoms with van der Waals surface area (Å²) in [6, 6.07) is 42.0. The monoisotopic (exact) mass is 512 g/mol. The van der Waals surface area contributed by atoms with Crippen LogP contribution in [0.3, 0.4) is 0 Å². The van der Waals surface area contributed by atoms with E-state index in [1.165, 1.54) is 21.5 Å². The average Bonchev–Trinajstić information content (AvgIpc) is 2.75. The Bertz CT molecular complexity index is 888. The van der Waals surface area contributed by atoms with Crippen molar-refractivity contribution in [3.05, 3.63) is 125 Å². The quantitative estimate of drug-likeness (QED) is 0.276. The third-order valence-electron chi connectivity index (χ3n) is 5.18. The van der Waals surface area contributed by atoms with Crippen LogP contribution in [0.5, 0.6) is 0 Å². The summed E-state index contributed by atoms with van der Waals surface area (Å²) >= 11 is 3.57. The molecule has 0 aliphatic rings. The number of halogens is 2. The first-order valence-electron chi connectivity index (χ1n) is 9.20. The van der Waals surface area contributed by atoms with E-state index in [1.54, 1.807) is 0 Å². The Hall–Kier alpha value is -1.73. The Morgan fingerprint density at radius 2 is 0.857 bits per heavy atom. The van der Waals surface area contributed by atoms with Crippen molar-refractivity contribution in [3.8, 4) is 0 Å². The van der Waals surface area contributed by atoms with E-state index in [1.807, 2.05) is 0 Å². The van der Waals surface area contributed by atoms with Crippen molar-refractivity contribution >= 4 is 56.1 Å². The summed E-state index contributed by atoms with van der Waals surface area (Å²) < 4.78 is 1.12. The van der Waals surface area contributed by atoms with Gasteiger partial charge in [-0.05, 0) is 0 Å². The zero-order valence-corrected chi connectivity index (χ0v) is 19.8. The Labute approximate surface area is 186 Å². The molecule has 28 heavy (non-hydrogen) atoms. The van der Waals surface area contributed by atoms with E-state index < -0.39 is 7.26 Å². The number of hydrogen-bond acceptors (Lipinski definition) is 0. The van der Waals surface area contributed by atoms with Crippen LogP contribution in [-0.4, -0.2) is 0 Å². The van der Waals surface area contributed by atoms with Gasteiger partial charge >= 0.3 is 171 Å². The van der Waals surface area contributed by atoms with Gasteiger partial charge in [-0.3, -0.25) is 0 Å². The van der Waals surface area contributed by atoms with Gasteiger partial charge in [0.05, 0.1) is 0 Å². The average molecular weight is 514 g/mol. The molecule has 0 aliphatic heterocycles. The molecule has 142 valence electrons. The summed E-state index contributed by atoms with van der Waals surface area (Å²) in [4.78, 5) is 0. The summed E-state index contributed by atoms with van der Waals surface area (Å²) in [7, 11) is -2.20. The predicted octanol–water partition coefficient (Wildman–Crippen LogP) is 6.25. The van der Waals surface area contributed by atoms with E-state index in [0.717, 1.165) is 10.6 Å². The summed E-state index contributed by atoms with van der Waals surface area (Å²) in [6.45, 7) is 0. The molecule has 0 amide bonds. The summed E-state index contributed by atoms with van der Waals surface area (Å²) in [5.74, 6) is 0. The minimum atomic E-state index is -2.20. The van der Waals surface area contributed by atoms with Crippen LogP contribution >= 0.6 is 40.2 Å². The van der Waals surface area contributed by atoms with Crippen molar-refractivity contribution in [1.82, 2.24) is 0 Å². The summed E-state index contributed by atoms with van der Waals surface area (Å²) in [5.41, 5.74) is 1.38. The Balaban J connectivity index is 0.00000225. The molecule has 0 unspecified atom stereocenters. The second kappa shape index (κ2) is 9.65. The Morgan fingerprint density at radius 1 is 0.500 bits per heavy atom. The van der Waals surface area contributed by atoms with E-state index in [4.69, 9.17) is 0 Å². The van der Waals surface area contributed by atoms with Crippen molar-refractivity contribution in [2.75, 3.05) is 0 Å². The van der Waals surface area contributed by atoms with E-state index in [0.29, 0.717) is 0 Å². The molecule has 4 rings (SSSR count). The number of benzene rings is 4. The molecular weight excluding hydrogens is 491 g/mol. The SMILES string of the molecule is Br.Brc1ccc(C[PH](c2ccccc2)(c2ccccc2)c2ccccc2)cc1. The van der Waals surface area contributed by atoms with Gasteiger partial charge in [-0.1, -0.05) is 0 Å².